The highest BCUT2D eigenvalue weighted by Crippen LogP contribution is 2.20. The van der Waals surface area contributed by atoms with Crippen LogP contribution in [0.2, 0.25) is 0 Å². The van der Waals surface area contributed by atoms with Gasteiger partial charge >= 0.3 is 0 Å². The van der Waals surface area contributed by atoms with Gasteiger partial charge in [0.2, 0.25) is 0 Å². The highest BCUT2D eigenvalue weighted by atomic mass is 35.5. The molecule has 0 aliphatic carbocycles. The molecule has 1 aliphatic rings. The molecule has 0 aromatic carbocycles. The van der Waals surface area contributed by atoms with Gasteiger partial charge in [-0.3, -0.25) is 0 Å². The number of hydrogen-bond acceptors (Lipinski definition) is 3. The number of alkyl halides is 1. The van der Waals surface area contributed by atoms with Gasteiger partial charge in [-0.05, 0) is 31.4 Å². The summed E-state index contributed by atoms with van der Waals surface area (Å²) in [5.74, 6) is 1.50. The zero-order valence-electron chi connectivity index (χ0n) is 10.9. The SMILES string of the molecule is CCCOC1CCCN(c2cccc(CCl)n2)C1. The van der Waals surface area contributed by atoms with Gasteiger partial charge in [0.05, 0.1) is 17.7 Å². The Balaban J connectivity index is 1.98. The molecule has 1 saturated heterocycles. The van der Waals surface area contributed by atoms with E-state index in [1.54, 1.807) is 0 Å². The second-order valence-electron chi connectivity index (χ2n) is 4.70. The number of hydrogen-bond donors (Lipinski definition) is 0. The van der Waals surface area contributed by atoms with Crippen molar-refractivity contribution in [2.24, 2.45) is 0 Å². The number of piperidine rings is 1. The first kappa shape index (κ1) is 13.6. The molecule has 3 nitrogen and oxygen atoms in total. The number of ether oxygens (including phenoxy) is 1. The summed E-state index contributed by atoms with van der Waals surface area (Å²) < 4.78 is 5.84. The van der Waals surface area contributed by atoms with Crippen molar-refractivity contribution >= 4 is 17.4 Å². The molecule has 18 heavy (non-hydrogen) atoms. The van der Waals surface area contributed by atoms with Crippen molar-refractivity contribution in [3.05, 3.63) is 23.9 Å². The fourth-order valence-electron chi connectivity index (χ4n) is 2.28. The number of anilines is 1. The van der Waals surface area contributed by atoms with Gasteiger partial charge in [-0.1, -0.05) is 13.0 Å². The quantitative estimate of drug-likeness (QED) is 0.767. The smallest absolute Gasteiger partial charge is 0.128 e. The van der Waals surface area contributed by atoms with Crippen LogP contribution < -0.4 is 4.90 Å². The molecule has 2 rings (SSSR count). The zero-order chi connectivity index (χ0) is 12.8. The molecule has 1 aromatic rings. The van der Waals surface area contributed by atoms with Gasteiger partial charge in [-0.15, -0.1) is 11.6 Å². The van der Waals surface area contributed by atoms with Crippen LogP contribution in [-0.2, 0) is 10.6 Å². The molecule has 1 atom stereocenters. The lowest BCUT2D eigenvalue weighted by atomic mass is 10.1. The summed E-state index contributed by atoms with van der Waals surface area (Å²) in [4.78, 5) is 6.87. The van der Waals surface area contributed by atoms with Gasteiger partial charge in [0.25, 0.3) is 0 Å². The largest absolute Gasteiger partial charge is 0.376 e. The van der Waals surface area contributed by atoms with Crippen LogP contribution in [-0.4, -0.2) is 30.8 Å². The lowest BCUT2D eigenvalue weighted by molar-refractivity contribution is 0.0439. The third-order valence-electron chi connectivity index (χ3n) is 3.19. The molecule has 100 valence electrons. The topological polar surface area (TPSA) is 25.4 Å². The Labute approximate surface area is 114 Å². The average molecular weight is 269 g/mol. The molecule has 0 spiro atoms. The molecule has 0 N–H and O–H groups in total. The van der Waals surface area contributed by atoms with Crippen molar-refractivity contribution in [2.75, 3.05) is 24.6 Å². The Morgan fingerprint density at radius 2 is 2.39 bits per heavy atom. The van der Waals surface area contributed by atoms with Crippen LogP contribution in [0.5, 0.6) is 0 Å². The van der Waals surface area contributed by atoms with Crippen molar-refractivity contribution in [2.45, 2.75) is 38.2 Å². The normalized spacial score (nSPS) is 20.1. The summed E-state index contributed by atoms with van der Waals surface area (Å²) in [5.41, 5.74) is 0.936. The highest BCUT2D eigenvalue weighted by molar-refractivity contribution is 6.16. The first-order valence-electron chi connectivity index (χ1n) is 6.72. The predicted molar refractivity (Wildman–Crippen MR) is 75.3 cm³/mol. The molecular weight excluding hydrogens is 248 g/mol. The molecule has 0 radical (unpaired) electrons. The van der Waals surface area contributed by atoms with Gasteiger partial charge < -0.3 is 9.64 Å². The first-order chi connectivity index (χ1) is 8.83. The molecule has 2 heterocycles. The number of rotatable bonds is 5. The van der Waals surface area contributed by atoms with Crippen LogP contribution in [0.4, 0.5) is 5.82 Å². The fraction of sp³-hybridized carbons (Fsp3) is 0.643. The second-order valence-corrected chi connectivity index (χ2v) is 4.97. The minimum atomic E-state index is 0.347. The summed E-state index contributed by atoms with van der Waals surface area (Å²) in [6, 6.07) is 6.04. The molecule has 0 bridgehead atoms. The van der Waals surface area contributed by atoms with E-state index in [9.17, 15) is 0 Å². The van der Waals surface area contributed by atoms with E-state index in [4.69, 9.17) is 16.3 Å². The number of aromatic nitrogens is 1. The van der Waals surface area contributed by atoms with Gasteiger partial charge in [-0.25, -0.2) is 4.98 Å². The third-order valence-corrected chi connectivity index (χ3v) is 3.46. The maximum absolute atomic E-state index is 5.84. The van der Waals surface area contributed by atoms with Gasteiger partial charge in [0.1, 0.15) is 5.82 Å². The zero-order valence-corrected chi connectivity index (χ0v) is 11.7. The van der Waals surface area contributed by atoms with Crippen LogP contribution in [0.15, 0.2) is 18.2 Å². The van der Waals surface area contributed by atoms with Crippen molar-refractivity contribution in [3.63, 3.8) is 0 Å². The van der Waals surface area contributed by atoms with E-state index in [0.29, 0.717) is 12.0 Å². The van der Waals surface area contributed by atoms with E-state index in [1.165, 1.54) is 6.42 Å². The van der Waals surface area contributed by atoms with E-state index in [1.807, 2.05) is 12.1 Å². The number of pyridine rings is 1. The second kappa shape index (κ2) is 6.95. The summed E-state index contributed by atoms with van der Waals surface area (Å²) in [5, 5.41) is 0. The standard InChI is InChI=1S/C14H21ClN2O/c1-2-9-18-13-6-4-8-17(11-13)14-7-3-5-12(10-15)16-14/h3,5,7,13H,2,4,6,8-11H2,1H3. The van der Waals surface area contributed by atoms with Gasteiger partial charge in [0, 0.05) is 19.7 Å². The predicted octanol–water partition coefficient (Wildman–Crippen LogP) is 3.22. The lowest BCUT2D eigenvalue weighted by Crippen LogP contribution is -2.40. The van der Waals surface area contributed by atoms with Crippen LogP contribution in [0.25, 0.3) is 0 Å². The van der Waals surface area contributed by atoms with Gasteiger partial charge in [0.15, 0.2) is 0 Å². The summed E-state index contributed by atoms with van der Waals surface area (Å²) >= 11 is 5.83. The van der Waals surface area contributed by atoms with E-state index in [-0.39, 0.29) is 0 Å². The van der Waals surface area contributed by atoms with E-state index in [0.717, 1.165) is 44.0 Å². The van der Waals surface area contributed by atoms with Crippen LogP contribution in [0, 0.1) is 0 Å². The van der Waals surface area contributed by atoms with Crippen LogP contribution >= 0.6 is 11.6 Å². The molecule has 4 heteroatoms. The Morgan fingerprint density at radius 3 is 3.17 bits per heavy atom. The lowest BCUT2D eigenvalue weighted by Gasteiger charge is -2.33. The van der Waals surface area contributed by atoms with E-state index >= 15 is 0 Å². The molecule has 1 unspecified atom stereocenters. The van der Waals surface area contributed by atoms with Crippen LogP contribution in [0.1, 0.15) is 31.9 Å². The summed E-state index contributed by atoms with van der Waals surface area (Å²) in [6.45, 7) is 5.00. The Kier molecular flexibility index (Phi) is 5.26. The molecular formula is C14H21ClN2O. The van der Waals surface area contributed by atoms with Crippen molar-refractivity contribution in [1.82, 2.24) is 4.98 Å². The fourth-order valence-corrected chi connectivity index (χ4v) is 2.43. The summed E-state index contributed by atoms with van der Waals surface area (Å²) in [6.07, 6.45) is 3.75. The maximum atomic E-state index is 5.84. The first-order valence-corrected chi connectivity index (χ1v) is 7.25. The average Bonchev–Trinajstić information content (AvgIpc) is 2.45. The molecule has 0 saturated carbocycles. The molecule has 1 aliphatic heterocycles. The van der Waals surface area contributed by atoms with Crippen LogP contribution in [0.3, 0.4) is 0 Å². The minimum Gasteiger partial charge on any atom is -0.376 e. The summed E-state index contributed by atoms with van der Waals surface area (Å²) in [7, 11) is 0. The number of nitrogens with zero attached hydrogens (tertiary/aromatic N) is 2. The maximum Gasteiger partial charge on any atom is 0.128 e. The van der Waals surface area contributed by atoms with Crippen molar-refractivity contribution in [3.8, 4) is 0 Å². The third kappa shape index (κ3) is 3.59. The van der Waals surface area contributed by atoms with Gasteiger partial charge in [-0.2, -0.15) is 0 Å². The molecule has 1 fully saturated rings. The monoisotopic (exact) mass is 268 g/mol. The van der Waals surface area contributed by atoms with Crippen molar-refractivity contribution < 1.29 is 4.74 Å². The molecule has 1 aromatic heterocycles. The van der Waals surface area contributed by atoms with E-state index in [2.05, 4.69) is 22.9 Å². The Morgan fingerprint density at radius 1 is 1.50 bits per heavy atom. The van der Waals surface area contributed by atoms with Crippen molar-refractivity contribution in [1.29, 1.82) is 0 Å². The highest BCUT2D eigenvalue weighted by Gasteiger charge is 2.21. The molecule has 0 amide bonds. The Hall–Kier alpha value is -0.800. The minimum absolute atomic E-state index is 0.347. The van der Waals surface area contributed by atoms with E-state index < -0.39 is 0 Å². The Bertz CT molecular complexity index is 373. The number of halogens is 1.